The Morgan fingerprint density at radius 2 is 1.87 bits per heavy atom. The van der Waals surface area contributed by atoms with Crippen LogP contribution in [0.2, 0.25) is 6.32 Å². The molecule has 0 aliphatic carbocycles. The number of hydrogen-bond acceptors (Lipinski definition) is 6. The van der Waals surface area contributed by atoms with Gasteiger partial charge in [-0.2, -0.15) is 0 Å². The Balaban J connectivity index is 2.53. The van der Waals surface area contributed by atoms with Crippen molar-refractivity contribution < 1.29 is 29.9 Å². The fourth-order valence-electron chi connectivity index (χ4n) is 2.99. The molecule has 0 radical (unpaired) electrons. The Morgan fingerprint density at radius 1 is 1.17 bits per heavy atom. The van der Waals surface area contributed by atoms with E-state index in [1.807, 2.05) is 0 Å². The summed E-state index contributed by atoms with van der Waals surface area (Å²) in [4.78, 5) is 24.5. The van der Waals surface area contributed by atoms with Gasteiger partial charge in [0.2, 0.25) is 0 Å². The Kier molecular flexibility index (Phi) is 7.97. The molecule has 1 aliphatic rings. The summed E-state index contributed by atoms with van der Waals surface area (Å²) < 4.78 is 0. The summed E-state index contributed by atoms with van der Waals surface area (Å²) in [5, 5.41) is 36.2. The lowest BCUT2D eigenvalue weighted by molar-refractivity contribution is -0.145. The van der Waals surface area contributed by atoms with Gasteiger partial charge in [-0.15, -0.1) is 0 Å². The maximum Gasteiger partial charge on any atom is 0.451 e. The number of unbranched alkanes of at least 4 members (excludes halogenated alkanes) is 1. The van der Waals surface area contributed by atoms with Crippen LogP contribution < -0.4 is 5.73 Å². The summed E-state index contributed by atoms with van der Waals surface area (Å²) in [5.74, 6) is -1.98. The molecule has 1 heterocycles. The molecule has 9 heteroatoms. The summed E-state index contributed by atoms with van der Waals surface area (Å²) in [6.45, 7) is 0.978. The van der Waals surface area contributed by atoms with E-state index in [2.05, 4.69) is 0 Å². The van der Waals surface area contributed by atoms with E-state index >= 15 is 0 Å². The molecule has 23 heavy (non-hydrogen) atoms. The van der Waals surface area contributed by atoms with Gasteiger partial charge in [0.05, 0.1) is 0 Å². The maximum absolute atomic E-state index is 11.5. The number of carbonyl (C=O) groups is 2. The number of nitrogens with two attached hydrogens (primary N) is 1. The van der Waals surface area contributed by atoms with Gasteiger partial charge in [-0.1, -0.05) is 19.3 Å². The number of hydrogen-bond donors (Lipinski definition) is 5. The normalized spacial score (nSPS) is 21.6. The van der Waals surface area contributed by atoms with Gasteiger partial charge >= 0.3 is 19.1 Å². The topological polar surface area (TPSA) is 144 Å². The van der Waals surface area contributed by atoms with Crippen LogP contribution in [0, 0.1) is 0 Å². The van der Waals surface area contributed by atoms with E-state index in [-0.39, 0.29) is 19.2 Å². The van der Waals surface area contributed by atoms with Crippen molar-refractivity contribution in [2.45, 2.75) is 62.8 Å². The number of carboxylic acid groups (broad SMARTS) is 2. The average molecular weight is 330 g/mol. The van der Waals surface area contributed by atoms with Crippen molar-refractivity contribution in [3.05, 3.63) is 0 Å². The van der Waals surface area contributed by atoms with Gasteiger partial charge in [-0.3, -0.25) is 14.5 Å². The molecule has 0 spiro atoms. The quantitative estimate of drug-likeness (QED) is 0.272. The van der Waals surface area contributed by atoms with Crippen LogP contribution in [0.3, 0.4) is 0 Å². The van der Waals surface area contributed by atoms with Crippen LogP contribution in [0.25, 0.3) is 0 Å². The van der Waals surface area contributed by atoms with Crippen LogP contribution in [-0.2, 0) is 9.59 Å². The van der Waals surface area contributed by atoms with Gasteiger partial charge in [0.25, 0.3) is 0 Å². The zero-order valence-electron chi connectivity index (χ0n) is 13.4. The zero-order valence-corrected chi connectivity index (χ0v) is 13.4. The molecule has 132 valence electrons. The van der Waals surface area contributed by atoms with Crippen LogP contribution >= 0.6 is 0 Å². The summed E-state index contributed by atoms with van der Waals surface area (Å²) >= 11 is 0. The summed E-state index contributed by atoms with van der Waals surface area (Å²) in [6, 6.07) is -0.564. The molecule has 0 amide bonds. The lowest BCUT2D eigenvalue weighted by Gasteiger charge is -2.35. The van der Waals surface area contributed by atoms with Crippen LogP contribution in [-0.4, -0.2) is 68.9 Å². The number of rotatable bonds is 10. The van der Waals surface area contributed by atoms with E-state index in [1.165, 1.54) is 0 Å². The highest BCUT2D eigenvalue weighted by Gasteiger charge is 2.36. The highest BCUT2D eigenvalue weighted by Crippen LogP contribution is 2.22. The predicted octanol–water partition coefficient (Wildman–Crippen LogP) is -0.259. The summed E-state index contributed by atoms with van der Waals surface area (Å²) in [7, 11) is -1.39. The maximum atomic E-state index is 11.5. The molecule has 0 aromatic heterocycles. The van der Waals surface area contributed by atoms with Crippen LogP contribution in [0.1, 0.15) is 44.9 Å². The molecule has 6 N–H and O–H groups in total. The van der Waals surface area contributed by atoms with E-state index in [0.29, 0.717) is 32.4 Å². The summed E-state index contributed by atoms with van der Waals surface area (Å²) in [6.07, 6.45) is 3.88. The first-order valence-corrected chi connectivity index (χ1v) is 8.11. The predicted molar refractivity (Wildman–Crippen MR) is 84.9 cm³/mol. The van der Waals surface area contributed by atoms with E-state index < -0.39 is 30.6 Å². The Bertz CT molecular complexity index is 409. The van der Waals surface area contributed by atoms with Gasteiger partial charge in [0, 0.05) is 6.54 Å². The molecule has 1 aliphatic heterocycles. The monoisotopic (exact) mass is 330 g/mol. The second-order valence-electron chi connectivity index (χ2n) is 6.32. The van der Waals surface area contributed by atoms with Crippen molar-refractivity contribution in [2.75, 3.05) is 13.1 Å². The largest absolute Gasteiger partial charge is 0.480 e. The van der Waals surface area contributed by atoms with Crippen molar-refractivity contribution in [1.82, 2.24) is 4.90 Å². The molecule has 2 unspecified atom stereocenters. The van der Waals surface area contributed by atoms with Gasteiger partial charge < -0.3 is 26.0 Å². The molecule has 0 aromatic carbocycles. The van der Waals surface area contributed by atoms with Gasteiger partial charge in [0.1, 0.15) is 11.6 Å². The van der Waals surface area contributed by atoms with E-state index in [9.17, 15) is 19.8 Å². The minimum Gasteiger partial charge on any atom is -0.480 e. The number of piperidine rings is 1. The lowest BCUT2D eigenvalue weighted by atomic mass is 9.81. The molecular formula is C14H27BN2O6. The third-order valence-electron chi connectivity index (χ3n) is 4.50. The second-order valence-corrected chi connectivity index (χ2v) is 6.32. The first-order chi connectivity index (χ1) is 10.8. The van der Waals surface area contributed by atoms with E-state index in [0.717, 1.165) is 12.8 Å². The Hall–Kier alpha value is -1.16. The molecule has 2 atom stereocenters. The average Bonchev–Trinajstić information content (AvgIpc) is 2.49. The van der Waals surface area contributed by atoms with Gasteiger partial charge in [-0.05, 0) is 38.5 Å². The second kappa shape index (κ2) is 9.22. The molecule has 1 rings (SSSR count). The summed E-state index contributed by atoms with van der Waals surface area (Å²) in [5.41, 5.74) is 4.58. The fourth-order valence-corrected chi connectivity index (χ4v) is 2.99. The van der Waals surface area contributed by atoms with Crippen molar-refractivity contribution in [1.29, 1.82) is 0 Å². The minimum atomic E-state index is -1.42. The third kappa shape index (κ3) is 6.46. The number of likely N-dealkylation sites (tertiary alicyclic amines) is 1. The molecule has 0 saturated carbocycles. The number of nitrogens with zero attached hydrogens (tertiary/aromatic N) is 1. The SMILES string of the molecule is NC(CCCCB(O)O)(CCN1CCCCC1C(=O)O)C(=O)O. The Morgan fingerprint density at radius 3 is 2.43 bits per heavy atom. The molecular weight excluding hydrogens is 303 g/mol. The number of aliphatic carboxylic acids is 2. The van der Waals surface area contributed by atoms with Crippen LogP contribution in [0.5, 0.6) is 0 Å². The van der Waals surface area contributed by atoms with Crippen molar-refractivity contribution >= 4 is 19.1 Å². The fraction of sp³-hybridized carbons (Fsp3) is 0.857. The van der Waals surface area contributed by atoms with Gasteiger partial charge in [0.15, 0.2) is 0 Å². The first-order valence-electron chi connectivity index (χ1n) is 8.11. The zero-order chi connectivity index (χ0) is 17.5. The van der Waals surface area contributed by atoms with Crippen molar-refractivity contribution in [3.63, 3.8) is 0 Å². The highest BCUT2D eigenvalue weighted by atomic mass is 16.4. The lowest BCUT2D eigenvalue weighted by Crippen LogP contribution is -2.52. The molecule has 1 saturated heterocycles. The van der Waals surface area contributed by atoms with E-state index in [1.54, 1.807) is 4.90 Å². The molecule has 0 bridgehead atoms. The minimum absolute atomic E-state index is 0.174. The Labute approximate surface area is 136 Å². The third-order valence-corrected chi connectivity index (χ3v) is 4.50. The first kappa shape index (κ1) is 19.9. The number of carboxylic acids is 2. The van der Waals surface area contributed by atoms with Crippen LogP contribution in [0.15, 0.2) is 0 Å². The molecule has 0 aromatic rings. The van der Waals surface area contributed by atoms with Crippen LogP contribution in [0.4, 0.5) is 0 Å². The highest BCUT2D eigenvalue weighted by molar-refractivity contribution is 6.40. The van der Waals surface area contributed by atoms with E-state index in [4.69, 9.17) is 15.8 Å². The van der Waals surface area contributed by atoms with Gasteiger partial charge in [-0.25, -0.2) is 0 Å². The molecule has 8 nitrogen and oxygen atoms in total. The standard InChI is InChI=1S/C14H27BN2O6/c16-14(13(20)21,6-2-3-8-15(22)23)7-10-17-9-4-1-5-11(17)12(18)19/h11,22-23H,1-10,16H2,(H,18,19)(H,20,21). The smallest absolute Gasteiger partial charge is 0.451 e. The molecule has 1 fully saturated rings. The van der Waals surface area contributed by atoms with Crippen molar-refractivity contribution in [2.24, 2.45) is 5.73 Å². The van der Waals surface area contributed by atoms with Crippen molar-refractivity contribution in [3.8, 4) is 0 Å².